The quantitative estimate of drug-likeness (QED) is 0.947. The molecule has 7 heteroatoms. The van der Waals surface area contributed by atoms with Crippen LogP contribution in [0.15, 0.2) is 41.4 Å². The van der Waals surface area contributed by atoms with Crippen LogP contribution in [0.3, 0.4) is 0 Å². The molecule has 1 aromatic heterocycles. The number of benzene rings is 1. The summed E-state index contributed by atoms with van der Waals surface area (Å²) in [5.41, 5.74) is 0.773. The van der Waals surface area contributed by atoms with Crippen LogP contribution >= 0.6 is 0 Å². The van der Waals surface area contributed by atoms with E-state index in [1.54, 1.807) is 12.3 Å². The molecule has 0 saturated carbocycles. The topological polar surface area (TPSA) is 66.1 Å². The fourth-order valence-corrected chi connectivity index (χ4v) is 4.42. The zero-order chi connectivity index (χ0) is 14.9. The molecule has 1 N–H and O–H groups in total. The standard InChI is InChI=1S/C14H16FN3O2S/c15-11-4-3-5-12(10-11)21(19,20)18-9-2-1-6-14(18)13-7-8-16-17-13/h3-5,7-8,10,14H,1-2,6,9H2,(H,16,17)/t14-/m0/s1. The molecule has 0 unspecified atom stereocenters. The summed E-state index contributed by atoms with van der Waals surface area (Å²) in [5, 5.41) is 6.74. The van der Waals surface area contributed by atoms with E-state index in [2.05, 4.69) is 10.2 Å². The highest BCUT2D eigenvalue weighted by atomic mass is 32.2. The van der Waals surface area contributed by atoms with Gasteiger partial charge in [-0.15, -0.1) is 0 Å². The monoisotopic (exact) mass is 309 g/mol. The van der Waals surface area contributed by atoms with Crippen molar-refractivity contribution in [3.63, 3.8) is 0 Å². The maximum Gasteiger partial charge on any atom is 0.243 e. The Kier molecular flexibility index (Phi) is 3.77. The van der Waals surface area contributed by atoms with E-state index in [9.17, 15) is 12.8 Å². The Morgan fingerprint density at radius 3 is 2.86 bits per heavy atom. The van der Waals surface area contributed by atoms with Crippen molar-refractivity contribution in [1.29, 1.82) is 0 Å². The minimum absolute atomic E-state index is 0.00563. The van der Waals surface area contributed by atoms with Gasteiger partial charge in [0, 0.05) is 12.7 Å². The van der Waals surface area contributed by atoms with Crippen molar-refractivity contribution in [1.82, 2.24) is 14.5 Å². The van der Waals surface area contributed by atoms with E-state index in [0.29, 0.717) is 6.54 Å². The molecular weight excluding hydrogens is 293 g/mol. The molecule has 0 bridgehead atoms. The Bertz CT molecular complexity index is 716. The summed E-state index contributed by atoms with van der Waals surface area (Å²) in [5.74, 6) is -0.550. The van der Waals surface area contributed by atoms with Crippen molar-refractivity contribution in [3.05, 3.63) is 48.0 Å². The SMILES string of the molecule is O=S(=O)(c1cccc(F)c1)N1CCCC[C@H]1c1ccn[nH]1. The van der Waals surface area contributed by atoms with Crippen LogP contribution in [0.2, 0.25) is 0 Å². The van der Waals surface area contributed by atoms with Crippen LogP contribution in [0.4, 0.5) is 4.39 Å². The van der Waals surface area contributed by atoms with Crippen LogP contribution in [-0.2, 0) is 10.0 Å². The van der Waals surface area contributed by atoms with E-state index >= 15 is 0 Å². The average molecular weight is 309 g/mol. The number of sulfonamides is 1. The highest BCUT2D eigenvalue weighted by Gasteiger charge is 2.35. The number of halogens is 1. The predicted octanol–water partition coefficient (Wildman–Crippen LogP) is 2.46. The second-order valence-electron chi connectivity index (χ2n) is 5.10. The van der Waals surface area contributed by atoms with E-state index in [4.69, 9.17) is 0 Å². The summed E-state index contributed by atoms with van der Waals surface area (Å²) in [6, 6.07) is 6.66. The summed E-state index contributed by atoms with van der Waals surface area (Å²) >= 11 is 0. The van der Waals surface area contributed by atoms with Crippen molar-refractivity contribution in [2.75, 3.05) is 6.54 Å². The average Bonchev–Trinajstić information content (AvgIpc) is 3.01. The lowest BCUT2D eigenvalue weighted by molar-refractivity contribution is 0.251. The molecule has 1 aliphatic heterocycles. The van der Waals surface area contributed by atoms with Gasteiger partial charge in [-0.1, -0.05) is 12.5 Å². The van der Waals surface area contributed by atoms with Gasteiger partial charge in [0.1, 0.15) is 5.82 Å². The summed E-state index contributed by atoms with van der Waals surface area (Å²) < 4.78 is 40.3. The third-order valence-electron chi connectivity index (χ3n) is 3.74. The summed E-state index contributed by atoms with van der Waals surface area (Å²) in [6.07, 6.45) is 4.10. The molecule has 0 radical (unpaired) electrons. The highest BCUT2D eigenvalue weighted by Crippen LogP contribution is 2.34. The smallest absolute Gasteiger partial charge is 0.243 e. The molecule has 2 heterocycles. The molecule has 1 saturated heterocycles. The Hall–Kier alpha value is -1.73. The lowest BCUT2D eigenvalue weighted by Gasteiger charge is -2.33. The maximum absolute atomic E-state index is 13.3. The van der Waals surface area contributed by atoms with Crippen molar-refractivity contribution >= 4 is 10.0 Å². The zero-order valence-electron chi connectivity index (χ0n) is 11.4. The molecule has 0 aliphatic carbocycles. The van der Waals surface area contributed by atoms with Gasteiger partial charge in [-0.3, -0.25) is 5.10 Å². The van der Waals surface area contributed by atoms with Crippen molar-refractivity contribution in [3.8, 4) is 0 Å². The molecule has 0 spiro atoms. The van der Waals surface area contributed by atoms with E-state index in [1.165, 1.54) is 22.5 Å². The first kappa shape index (κ1) is 14.2. The predicted molar refractivity (Wildman–Crippen MR) is 75.5 cm³/mol. The lowest BCUT2D eigenvalue weighted by atomic mass is 10.0. The normalized spacial score (nSPS) is 20.5. The number of nitrogens with zero attached hydrogens (tertiary/aromatic N) is 2. The minimum Gasteiger partial charge on any atom is -0.281 e. The van der Waals surface area contributed by atoms with Gasteiger partial charge in [-0.2, -0.15) is 9.40 Å². The van der Waals surface area contributed by atoms with Crippen LogP contribution < -0.4 is 0 Å². The first-order valence-electron chi connectivity index (χ1n) is 6.86. The van der Waals surface area contributed by atoms with E-state index in [0.717, 1.165) is 31.0 Å². The Balaban J connectivity index is 1.99. The highest BCUT2D eigenvalue weighted by molar-refractivity contribution is 7.89. The minimum atomic E-state index is -3.71. The number of piperidine rings is 1. The van der Waals surface area contributed by atoms with Gasteiger partial charge in [0.2, 0.25) is 10.0 Å². The summed E-state index contributed by atoms with van der Waals surface area (Å²) in [4.78, 5) is -0.00563. The van der Waals surface area contributed by atoms with Gasteiger partial charge in [0.05, 0.1) is 16.6 Å². The van der Waals surface area contributed by atoms with E-state index in [1.807, 2.05) is 0 Å². The third-order valence-corrected chi connectivity index (χ3v) is 5.64. The second kappa shape index (κ2) is 5.57. The Morgan fingerprint density at radius 2 is 2.14 bits per heavy atom. The first-order valence-corrected chi connectivity index (χ1v) is 8.30. The molecule has 1 fully saturated rings. The van der Waals surface area contributed by atoms with Crippen molar-refractivity contribution in [2.24, 2.45) is 0 Å². The van der Waals surface area contributed by atoms with Gasteiger partial charge >= 0.3 is 0 Å². The van der Waals surface area contributed by atoms with Gasteiger partial charge in [0.15, 0.2) is 0 Å². The maximum atomic E-state index is 13.3. The third kappa shape index (κ3) is 2.71. The molecule has 5 nitrogen and oxygen atoms in total. The van der Waals surface area contributed by atoms with Gasteiger partial charge < -0.3 is 0 Å². The number of nitrogens with one attached hydrogen (secondary N) is 1. The molecule has 2 aromatic rings. The van der Waals surface area contributed by atoms with Gasteiger partial charge in [0.25, 0.3) is 0 Å². The molecule has 3 rings (SSSR count). The number of aromatic nitrogens is 2. The van der Waals surface area contributed by atoms with Crippen LogP contribution in [0.1, 0.15) is 31.0 Å². The van der Waals surface area contributed by atoms with Crippen molar-refractivity contribution < 1.29 is 12.8 Å². The molecule has 0 amide bonds. The van der Waals surface area contributed by atoms with Gasteiger partial charge in [-0.25, -0.2) is 12.8 Å². The second-order valence-corrected chi connectivity index (χ2v) is 6.99. The van der Waals surface area contributed by atoms with Crippen LogP contribution in [-0.4, -0.2) is 29.5 Å². The van der Waals surface area contributed by atoms with Crippen LogP contribution in [0, 0.1) is 5.82 Å². The molecule has 21 heavy (non-hydrogen) atoms. The lowest BCUT2D eigenvalue weighted by Crippen LogP contribution is -2.38. The Morgan fingerprint density at radius 1 is 1.29 bits per heavy atom. The van der Waals surface area contributed by atoms with E-state index in [-0.39, 0.29) is 10.9 Å². The molecular formula is C14H16FN3O2S. The van der Waals surface area contributed by atoms with Crippen LogP contribution in [0.25, 0.3) is 0 Å². The molecule has 1 atom stereocenters. The van der Waals surface area contributed by atoms with E-state index < -0.39 is 15.8 Å². The Labute approximate surface area is 122 Å². The number of hydrogen-bond acceptors (Lipinski definition) is 3. The number of rotatable bonds is 3. The summed E-state index contributed by atoms with van der Waals surface area (Å²) in [6.45, 7) is 0.433. The first-order chi connectivity index (χ1) is 10.1. The summed E-state index contributed by atoms with van der Waals surface area (Å²) in [7, 11) is -3.71. The number of hydrogen-bond donors (Lipinski definition) is 1. The fraction of sp³-hybridized carbons (Fsp3) is 0.357. The number of aromatic amines is 1. The molecule has 1 aromatic carbocycles. The van der Waals surface area contributed by atoms with Crippen molar-refractivity contribution in [2.45, 2.75) is 30.2 Å². The zero-order valence-corrected chi connectivity index (χ0v) is 12.2. The number of H-pyrrole nitrogens is 1. The molecule has 1 aliphatic rings. The van der Waals surface area contributed by atoms with Gasteiger partial charge in [-0.05, 0) is 37.1 Å². The van der Waals surface area contributed by atoms with Crippen LogP contribution in [0.5, 0.6) is 0 Å². The molecule has 112 valence electrons. The fourth-order valence-electron chi connectivity index (χ4n) is 2.72. The largest absolute Gasteiger partial charge is 0.281 e.